The van der Waals surface area contributed by atoms with E-state index in [1.807, 2.05) is 0 Å². The van der Waals surface area contributed by atoms with Crippen LogP contribution in [-0.2, 0) is 0 Å². The van der Waals surface area contributed by atoms with Crippen LogP contribution >= 0.6 is 12.4 Å². The number of amides is 1. The molecule has 1 heterocycles. The Balaban J connectivity index is 0.00000162. The first-order valence-corrected chi connectivity index (χ1v) is 5.79. The molecule has 0 radical (unpaired) electrons. The van der Waals surface area contributed by atoms with Gasteiger partial charge in [-0.25, -0.2) is 4.39 Å². The van der Waals surface area contributed by atoms with Crippen LogP contribution in [0.3, 0.4) is 0 Å². The van der Waals surface area contributed by atoms with Gasteiger partial charge < -0.3 is 10.6 Å². The summed E-state index contributed by atoms with van der Waals surface area (Å²) >= 11 is 0. The molecule has 5 heteroatoms. The van der Waals surface area contributed by atoms with Gasteiger partial charge in [-0.1, -0.05) is 6.92 Å². The van der Waals surface area contributed by atoms with Crippen LogP contribution in [0.2, 0.25) is 0 Å². The number of nitrogens with zero attached hydrogens (tertiary/aromatic N) is 1. The molecule has 0 bridgehead atoms. The van der Waals surface area contributed by atoms with Gasteiger partial charge in [0.05, 0.1) is 0 Å². The van der Waals surface area contributed by atoms with E-state index in [1.54, 1.807) is 4.90 Å². The monoisotopic (exact) mass is 272 g/mol. The third-order valence-electron chi connectivity index (χ3n) is 3.43. The van der Waals surface area contributed by atoms with Crippen LogP contribution in [0.5, 0.6) is 0 Å². The van der Waals surface area contributed by atoms with Crippen molar-refractivity contribution in [2.45, 2.75) is 13.3 Å². The summed E-state index contributed by atoms with van der Waals surface area (Å²) in [4.78, 5) is 13.9. The lowest BCUT2D eigenvalue weighted by Crippen LogP contribution is -2.34. The molecule has 1 unspecified atom stereocenters. The molecule has 0 aliphatic carbocycles. The topological polar surface area (TPSA) is 46.3 Å². The second-order valence-corrected chi connectivity index (χ2v) is 5.00. The molecule has 0 saturated carbocycles. The molecule has 3 nitrogen and oxygen atoms in total. The highest BCUT2D eigenvalue weighted by Gasteiger charge is 2.35. The fraction of sp³-hybridized carbons (Fsp3) is 0.462. The number of rotatable bonds is 2. The Morgan fingerprint density at radius 3 is 2.56 bits per heavy atom. The van der Waals surface area contributed by atoms with Crippen molar-refractivity contribution in [3.05, 3.63) is 35.6 Å². The molecule has 1 fully saturated rings. The van der Waals surface area contributed by atoms with E-state index in [1.165, 1.54) is 24.3 Å². The Morgan fingerprint density at radius 2 is 2.06 bits per heavy atom. The molecule has 1 aliphatic rings. The van der Waals surface area contributed by atoms with E-state index in [2.05, 4.69) is 6.92 Å². The van der Waals surface area contributed by atoms with Gasteiger partial charge in [0.2, 0.25) is 0 Å². The lowest BCUT2D eigenvalue weighted by Gasteiger charge is -2.22. The Morgan fingerprint density at radius 1 is 1.44 bits per heavy atom. The zero-order valence-corrected chi connectivity index (χ0v) is 11.2. The predicted molar refractivity (Wildman–Crippen MR) is 71.3 cm³/mol. The molecule has 0 spiro atoms. The second-order valence-electron chi connectivity index (χ2n) is 5.00. The van der Waals surface area contributed by atoms with Gasteiger partial charge in [0.1, 0.15) is 5.82 Å². The van der Waals surface area contributed by atoms with Crippen molar-refractivity contribution in [2.75, 3.05) is 19.6 Å². The van der Waals surface area contributed by atoms with Crippen LogP contribution in [0.15, 0.2) is 24.3 Å². The van der Waals surface area contributed by atoms with Crippen molar-refractivity contribution in [1.29, 1.82) is 0 Å². The summed E-state index contributed by atoms with van der Waals surface area (Å²) in [6.07, 6.45) is 0.927. The van der Waals surface area contributed by atoms with Crippen LogP contribution in [-0.4, -0.2) is 30.4 Å². The summed E-state index contributed by atoms with van der Waals surface area (Å²) in [5.41, 5.74) is 6.26. The number of nitrogens with two attached hydrogens (primary N) is 1. The molecule has 1 amide bonds. The number of benzene rings is 1. The van der Waals surface area contributed by atoms with Crippen molar-refractivity contribution in [3.8, 4) is 0 Å². The standard InChI is InChI=1S/C13H17FN2O.ClH/c1-13(8-15)6-7-16(9-13)12(17)10-2-4-11(14)5-3-10;/h2-5H,6-9,15H2,1H3;1H. The van der Waals surface area contributed by atoms with Gasteiger partial charge in [-0.05, 0) is 42.6 Å². The molecule has 1 aliphatic heterocycles. The zero-order valence-electron chi connectivity index (χ0n) is 10.4. The largest absolute Gasteiger partial charge is 0.338 e. The maximum atomic E-state index is 12.8. The molecule has 100 valence electrons. The van der Waals surface area contributed by atoms with E-state index in [0.29, 0.717) is 18.7 Å². The highest BCUT2D eigenvalue weighted by Crippen LogP contribution is 2.29. The third-order valence-corrected chi connectivity index (χ3v) is 3.43. The van der Waals surface area contributed by atoms with Gasteiger partial charge in [0.15, 0.2) is 0 Å². The molecule has 2 rings (SSSR count). The van der Waals surface area contributed by atoms with Crippen LogP contribution in [0, 0.1) is 11.2 Å². The fourth-order valence-electron chi connectivity index (χ4n) is 2.14. The third kappa shape index (κ3) is 3.00. The SMILES string of the molecule is CC1(CN)CCN(C(=O)c2ccc(F)cc2)C1.Cl. The summed E-state index contributed by atoms with van der Waals surface area (Å²) in [7, 11) is 0. The highest BCUT2D eigenvalue weighted by molar-refractivity contribution is 5.94. The smallest absolute Gasteiger partial charge is 0.253 e. The van der Waals surface area contributed by atoms with Gasteiger partial charge in [0.25, 0.3) is 5.91 Å². The van der Waals surface area contributed by atoms with Crippen LogP contribution in [0.4, 0.5) is 4.39 Å². The second kappa shape index (κ2) is 5.67. The van der Waals surface area contributed by atoms with Crippen LogP contribution in [0.1, 0.15) is 23.7 Å². The van der Waals surface area contributed by atoms with Crippen molar-refractivity contribution in [2.24, 2.45) is 11.1 Å². The van der Waals surface area contributed by atoms with Crippen molar-refractivity contribution >= 4 is 18.3 Å². The quantitative estimate of drug-likeness (QED) is 0.896. The van der Waals surface area contributed by atoms with E-state index in [0.717, 1.165) is 13.0 Å². The van der Waals surface area contributed by atoms with E-state index >= 15 is 0 Å². The lowest BCUT2D eigenvalue weighted by atomic mass is 9.90. The number of carbonyl (C=O) groups excluding carboxylic acids is 1. The summed E-state index contributed by atoms with van der Waals surface area (Å²) in [6, 6.07) is 5.67. The van der Waals surface area contributed by atoms with Gasteiger partial charge >= 0.3 is 0 Å². The Kier molecular flexibility index (Phi) is 4.71. The Bertz CT molecular complexity index is 424. The van der Waals surface area contributed by atoms with Crippen molar-refractivity contribution < 1.29 is 9.18 Å². The number of hydrogen-bond acceptors (Lipinski definition) is 2. The molecule has 1 aromatic rings. The zero-order chi connectivity index (χ0) is 12.5. The van der Waals surface area contributed by atoms with E-state index in [4.69, 9.17) is 5.73 Å². The first kappa shape index (κ1) is 14.9. The van der Waals surface area contributed by atoms with Crippen molar-refractivity contribution in [1.82, 2.24) is 4.90 Å². The van der Waals surface area contributed by atoms with Gasteiger partial charge in [-0.3, -0.25) is 4.79 Å². The number of hydrogen-bond donors (Lipinski definition) is 1. The average Bonchev–Trinajstić information content (AvgIpc) is 2.73. The summed E-state index contributed by atoms with van der Waals surface area (Å²) in [5.74, 6) is -0.364. The van der Waals surface area contributed by atoms with Gasteiger partial charge in [0, 0.05) is 18.7 Å². The van der Waals surface area contributed by atoms with Gasteiger partial charge in [-0.15, -0.1) is 12.4 Å². The Hall–Kier alpha value is -1.13. The van der Waals surface area contributed by atoms with Crippen molar-refractivity contribution in [3.63, 3.8) is 0 Å². The minimum absolute atomic E-state index is 0. The predicted octanol–water partition coefficient (Wildman–Crippen LogP) is 2.06. The molecule has 2 N–H and O–H groups in total. The molecule has 1 atom stereocenters. The maximum Gasteiger partial charge on any atom is 0.253 e. The van der Waals surface area contributed by atoms with Crippen LogP contribution < -0.4 is 5.73 Å². The normalized spacial score (nSPS) is 22.7. The highest BCUT2D eigenvalue weighted by atomic mass is 35.5. The lowest BCUT2D eigenvalue weighted by molar-refractivity contribution is 0.0777. The maximum absolute atomic E-state index is 12.8. The summed E-state index contributed by atoms with van der Waals surface area (Å²) < 4.78 is 12.8. The fourth-order valence-corrected chi connectivity index (χ4v) is 2.14. The van der Waals surface area contributed by atoms with E-state index in [9.17, 15) is 9.18 Å². The molecule has 18 heavy (non-hydrogen) atoms. The average molecular weight is 273 g/mol. The van der Waals surface area contributed by atoms with E-state index in [-0.39, 0.29) is 29.5 Å². The first-order chi connectivity index (χ1) is 8.04. The van der Waals surface area contributed by atoms with E-state index < -0.39 is 0 Å². The van der Waals surface area contributed by atoms with Crippen LogP contribution in [0.25, 0.3) is 0 Å². The molecular weight excluding hydrogens is 255 g/mol. The number of likely N-dealkylation sites (tertiary alicyclic amines) is 1. The summed E-state index contributed by atoms with van der Waals surface area (Å²) in [6.45, 7) is 4.08. The molecule has 0 aromatic heterocycles. The van der Waals surface area contributed by atoms with Gasteiger partial charge in [-0.2, -0.15) is 0 Å². The summed E-state index contributed by atoms with van der Waals surface area (Å²) in [5, 5.41) is 0. The Labute approximate surface area is 113 Å². The number of halogens is 2. The minimum atomic E-state index is -0.324. The molecule has 1 saturated heterocycles. The minimum Gasteiger partial charge on any atom is -0.338 e. The molecule has 1 aromatic carbocycles. The number of carbonyl (C=O) groups is 1. The first-order valence-electron chi connectivity index (χ1n) is 5.79. The molecular formula is C13H18ClFN2O.